The molecule has 3 rings (SSSR count). The van der Waals surface area contributed by atoms with Crippen LogP contribution in [-0.2, 0) is 0 Å². The molecule has 1 aliphatic heterocycles. The van der Waals surface area contributed by atoms with Crippen LogP contribution in [0.4, 0.5) is 5.69 Å². The molecule has 2 aromatic rings. The van der Waals surface area contributed by atoms with Crippen LogP contribution >= 0.6 is 11.6 Å². The first-order valence-electron chi connectivity index (χ1n) is 7.78. The number of amides is 1. The van der Waals surface area contributed by atoms with Crippen LogP contribution in [0, 0.1) is 13.8 Å². The summed E-state index contributed by atoms with van der Waals surface area (Å²) in [4.78, 5) is 20.7. The number of aryl methyl sites for hydroxylation is 1. The van der Waals surface area contributed by atoms with Gasteiger partial charge in [0.1, 0.15) is 5.15 Å². The minimum Gasteiger partial charge on any atom is -0.368 e. The molecule has 1 amide bonds. The zero-order valence-corrected chi connectivity index (χ0v) is 14.2. The lowest BCUT2D eigenvalue weighted by Gasteiger charge is -2.37. The highest BCUT2D eigenvalue weighted by Gasteiger charge is 2.23. The van der Waals surface area contributed by atoms with E-state index in [1.807, 2.05) is 4.90 Å². The maximum atomic E-state index is 12.5. The molecule has 1 aromatic carbocycles. The van der Waals surface area contributed by atoms with Crippen LogP contribution in [0.25, 0.3) is 0 Å². The van der Waals surface area contributed by atoms with Crippen molar-refractivity contribution in [1.82, 2.24) is 9.88 Å². The van der Waals surface area contributed by atoms with E-state index in [0.717, 1.165) is 13.1 Å². The third-order valence-electron chi connectivity index (χ3n) is 4.46. The van der Waals surface area contributed by atoms with E-state index in [1.54, 1.807) is 18.3 Å². The van der Waals surface area contributed by atoms with Gasteiger partial charge in [-0.05, 0) is 43.2 Å². The molecule has 4 nitrogen and oxygen atoms in total. The smallest absolute Gasteiger partial charge is 0.254 e. The number of carbonyl (C=O) groups is 1. The average Bonchev–Trinajstić information content (AvgIpc) is 2.57. The minimum atomic E-state index is 0.0231. The highest BCUT2D eigenvalue weighted by molar-refractivity contribution is 6.29. The summed E-state index contributed by atoms with van der Waals surface area (Å²) in [5, 5.41) is 0.352. The maximum absolute atomic E-state index is 12.5. The summed E-state index contributed by atoms with van der Waals surface area (Å²) in [6, 6.07) is 9.72. The third kappa shape index (κ3) is 3.32. The highest BCUT2D eigenvalue weighted by Crippen LogP contribution is 2.24. The summed E-state index contributed by atoms with van der Waals surface area (Å²) in [5.41, 5.74) is 4.48. The molecule has 0 spiro atoms. The lowest BCUT2D eigenvalue weighted by Crippen LogP contribution is -2.49. The fraction of sp³-hybridized carbons (Fsp3) is 0.333. The summed E-state index contributed by atoms with van der Waals surface area (Å²) >= 11 is 5.87. The molecule has 0 saturated carbocycles. The first-order valence-corrected chi connectivity index (χ1v) is 8.16. The Kier molecular flexibility index (Phi) is 4.53. The van der Waals surface area contributed by atoms with Gasteiger partial charge >= 0.3 is 0 Å². The number of anilines is 1. The number of hydrogen-bond donors (Lipinski definition) is 0. The topological polar surface area (TPSA) is 36.4 Å². The number of carbonyl (C=O) groups excluding carboxylic acids is 1. The first kappa shape index (κ1) is 15.8. The zero-order chi connectivity index (χ0) is 16.4. The van der Waals surface area contributed by atoms with Gasteiger partial charge in [0, 0.05) is 43.6 Å². The van der Waals surface area contributed by atoms with Crippen LogP contribution in [0.15, 0.2) is 36.5 Å². The summed E-state index contributed by atoms with van der Waals surface area (Å²) in [5.74, 6) is 0.0231. The molecule has 0 unspecified atom stereocenters. The highest BCUT2D eigenvalue weighted by atomic mass is 35.5. The van der Waals surface area contributed by atoms with Gasteiger partial charge in [0.2, 0.25) is 0 Å². The van der Waals surface area contributed by atoms with Crippen molar-refractivity contribution in [1.29, 1.82) is 0 Å². The number of piperazine rings is 1. The molecule has 0 atom stereocenters. The maximum Gasteiger partial charge on any atom is 0.254 e. The standard InChI is InChI=1S/C18H20ClN3O/c1-13-4-3-5-16(14(13)2)21-8-10-22(11-9-21)18(23)15-6-7-20-17(19)12-15/h3-7,12H,8-11H2,1-2H3. The van der Waals surface area contributed by atoms with Gasteiger partial charge in [-0.2, -0.15) is 0 Å². The lowest BCUT2D eigenvalue weighted by atomic mass is 10.1. The number of rotatable bonds is 2. The van der Waals surface area contributed by atoms with Crippen LogP contribution in [0.3, 0.4) is 0 Å². The van der Waals surface area contributed by atoms with E-state index < -0.39 is 0 Å². The zero-order valence-electron chi connectivity index (χ0n) is 13.4. The molecule has 120 valence electrons. The fourth-order valence-electron chi connectivity index (χ4n) is 2.95. The van der Waals surface area contributed by atoms with Crippen molar-refractivity contribution in [3.8, 4) is 0 Å². The number of hydrogen-bond acceptors (Lipinski definition) is 3. The van der Waals surface area contributed by atoms with Gasteiger partial charge in [-0.15, -0.1) is 0 Å². The predicted octanol–water partition coefficient (Wildman–Crippen LogP) is 3.31. The predicted molar refractivity (Wildman–Crippen MR) is 93.3 cm³/mol. The van der Waals surface area contributed by atoms with Gasteiger partial charge in [0.25, 0.3) is 5.91 Å². The second kappa shape index (κ2) is 6.59. The number of halogens is 1. The quantitative estimate of drug-likeness (QED) is 0.793. The third-order valence-corrected chi connectivity index (χ3v) is 4.66. The molecule has 0 N–H and O–H groups in total. The molecule has 2 heterocycles. The molecule has 0 aliphatic carbocycles. The Bertz CT molecular complexity index is 724. The number of nitrogens with zero attached hydrogens (tertiary/aromatic N) is 3. The van der Waals surface area contributed by atoms with Crippen LogP contribution in [0.5, 0.6) is 0 Å². The molecule has 23 heavy (non-hydrogen) atoms. The van der Waals surface area contributed by atoms with E-state index in [-0.39, 0.29) is 5.91 Å². The summed E-state index contributed by atoms with van der Waals surface area (Å²) in [6.45, 7) is 7.40. The van der Waals surface area contributed by atoms with Gasteiger partial charge < -0.3 is 9.80 Å². The van der Waals surface area contributed by atoms with Gasteiger partial charge in [-0.25, -0.2) is 4.98 Å². The average molecular weight is 330 g/mol. The molecule has 1 aliphatic rings. The Hall–Kier alpha value is -2.07. The van der Waals surface area contributed by atoms with Gasteiger partial charge in [0.05, 0.1) is 0 Å². The Balaban J connectivity index is 1.69. The molecule has 0 bridgehead atoms. The van der Waals surface area contributed by atoms with Crippen molar-refractivity contribution in [3.63, 3.8) is 0 Å². The van der Waals surface area contributed by atoms with Crippen molar-refractivity contribution in [2.24, 2.45) is 0 Å². The first-order chi connectivity index (χ1) is 11.1. The van der Waals surface area contributed by atoms with Crippen molar-refractivity contribution in [3.05, 3.63) is 58.4 Å². The number of pyridine rings is 1. The summed E-state index contributed by atoms with van der Waals surface area (Å²) in [7, 11) is 0. The minimum absolute atomic E-state index is 0.0231. The molecule has 1 saturated heterocycles. The Labute approximate surface area is 141 Å². The summed E-state index contributed by atoms with van der Waals surface area (Å²) < 4.78 is 0. The largest absolute Gasteiger partial charge is 0.368 e. The Morgan fingerprint density at radius 1 is 1.13 bits per heavy atom. The Morgan fingerprint density at radius 2 is 1.87 bits per heavy atom. The molecule has 5 heteroatoms. The molecular weight excluding hydrogens is 310 g/mol. The van der Waals surface area contributed by atoms with E-state index in [0.29, 0.717) is 23.8 Å². The van der Waals surface area contributed by atoms with Crippen molar-refractivity contribution in [2.45, 2.75) is 13.8 Å². The monoisotopic (exact) mass is 329 g/mol. The van der Waals surface area contributed by atoms with E-state index in [2.05, 4.69) is 41.9 Å². The van der Waals surface area contributed by atoms with E-state index >= 15 is 0 Å². The van der Waals surface area contributed by atoms with Gasteiger partial charge in [-0.1, -0.05) is 23.7 Å². The molecule has 0 radical (unpaired) electrons. The number of aromatic nitrogens is 1. The van der Waals surface area contributed by atoms with Gasteiger partial charge in [-0.3, -0.25) is 4.79 Å². The van der Waals surface area contributed by atoms with E-state index in [1.165, 1.54) is 16.8 Å². The SMILES string of the molecule is Cc1cccc(N2CCN(C(=O)c3ccnc(Cl)c3)CC2)c1C. The molecular formula is C18H20ClN3O. The van der Waals surface area contributed by atoms with Crippen molar-refractivity contribution in [2.75, 3.05) is 31.1 Å². The Morgan fingerprint density at radius 3 is 2.57 bits per heavy atom. The van der Waals surface area contributed by atoms with Crippen LogP contribution in [0.2, 0.25) is 5.15 Å². The summed E-state index contributed by atoms with van der Waals surface area (Å²) in [6.07, 6.45) is 1.57. The second-order valence-corrected chi connectivity index (χ2v) is 6.25. The van der Waals surface area contributed by atoms with E-state index in [4.69, 9.17) is 11.6 Å². The normalized spacial score (nSPS) is 14.9. The number of benzene rings is 1. The lowest BCUT2D eigenvalue weighted by molar-refractivity contribution is 0.0746. The molecule has 1 aromatic heterocycles. The molecule has 1 fully saturated rings. The van der Waals surface area contributed by atoms with Crippen LogP contribution in [-0.4, -0.2) is 42.0 Å². The van der Waals surface area contributed by atoms with Gasteiger partial charge in [0.15, 0.2) is 0 Å². The van der Waals surface area contributed by atoms with Crippen molar-refractivity contribution < 1.29 is 4.79 Å². The van der Waals surface area contributed by atoms with E-state index in [9.17, 15) is 4.79 Å². The van der Waals surface area contributed by atoms with Crippen LogP contribution in [0.1, 0.15) is 21.5 Å². The fourth-order valence-corrected chi connectivity index (χ4v) is 3.12. The second-order valence-electron chi connectivity index (χ2n) is 5.87. The van der Waals surface area contributed by atoms with Crippen molar-refractivity contribution >= 4 is 23.2 Å². The van der Waals surface area contributed by atoms with Crippen LogP contribution < -0.4 is 4.90 Å².